The summed E-state index contributed by atoms with van der Waals surface area (Å²) in [6, 6.07) is 7.34. The van der Waals surface area contributed by atoms with Crippen LogP contribution in [0.3, 0.4) is 0 Å². The van der Waals surface area contributed by atoms with Gasteiger partial charge in [-0.15, -0.1) is 0 Å². The van der Waals surface area contributed by atoms with Crippen molar-refractivity contribution in [1.82, 2.24) is 10.3 Å². The zero-order valence-electron chi connectivity index (χ0n) is 15.0. The highest BCUT2D eigenvalue weighted by molar-refractivity contribution is 5.89. The van der Waals surface area contributed by atoms with Crippen molar-refractivity contribution in [1.29, 1.82) is 0 Å². The van der Waals surface area contributed by atoms with Crippen LogP contribution in [0.15, 0.2) is 45.9 Å². The molecule has 2 aromatic heterocycles. The number of nitrogens with zero attached hydrogens (tertiary/aromatic N) is 1. The maximum atomic E-state index is 12.4. The normalized spacial score (nSPS) is 10.7. The smallest absolute Gasteiger partial charge is 0.340 e. The minimum atomic E-state index is -0.501. The van der Waals surface area contributed by atoms with Gasteiger partial charge < -0.3 is 14.5 Å². The molecule has 0 fully saturated rings. The summed E-state index contributed by atoms with van der Waals surface area (Å²) in [6.07, 6.45) is 3.30. The quantitative estimate of drug-likeness (QED) is 0.714. The van der Waals surface area contributed by atoms with Gasteiger partial charge in [0.15, 0.2) is 0 Å². The van der Waals surface area contributed by atoms with Gasteiger partial charge in [-0.05, 0) is 48.7 Å². The number of benzene rings is 1. The molecule has 0 unspecified atom stereocenters. The van der Waals surface area contributed by atoms with Crippen molar-refractivity contribution in [2.75, 3.05) is 7.11 Å². The molecule has 3 aromatic rings. The molecule has 0 saturated carbocycles. The summed E-state index contributed by atoms with van der Waals surface area (Å²) in [4.78, 5) is 28.7. The predicted molar refractivity (Wildman–Crippen MR) is 98.3 cm³/mol. The minimum Gasteiger partial charge on any atom is -0.496 e. The summed E-state index contributed by atoms with van der Waals surface area (Å²) in [5, 5.41) is 3.51. The molecule has 26 heavy (non-hydrogen) atoms. The Bertz CT molecular complexity index is 1010. The predicted octanol–water partition coefficient (Wildman–Crippen LogP) is 2.67. The SMILES string of the molecule is COc1cc(C)cc2oc(=O)c(CC(=O)NCc3cccnc3)c(C)c12. The Morgan fingerprint density at radius 1 is 1.31 bits per heavy atom. The maximum absolute atomic E-state index is 12.4. The van der Waals surface area contributed by atoms with Crippen LogP contribution in [0.2, 0.25) is 0 Å². The number of aryl methyl sites for hydroxylation is 2. The van der Waals surface area contributed by atoms with E-state index in [-0.39, 0.29) is 12.3 Å². The number of hydrogen-bond donors (Lipinski definition) is 1. The number of aromatic nitrogens is 1. The molecule has 0 saturated heterocycles. The van der Waals surface area contributed by atoms with Gasteiger partial charge >= 0.3 is 5.63 Å². The minimum absolute atomic E-state index is 0.0542. The van der Waals surface area contributed by atoms with Gasteiger partial charge in [-0.1, -0.05) is 6.07 Å². The molecule has 2 heterocycles. The average Bonchev–Trinajstić information content (AvgIpc) is 2.63. The number of carbonyl (C=O) groups is 1. The third-order valence-corrected chi connectivity index (χ3v) is 4.26. The van der Waals surface area contributed by atoms with Crippen molar-refractivity contribution in [3.63, 3.8) is 0 Å². The number of rotatable bonds is 5. The molecule has 0 spiro atoms. The molecule has 1 aromatic carbocycles. The topological polar surface area (TPSA) is 81.4 Å². The summed E-state index contributed by atoms with van der Waals surface area (Å²) in [5.74, 6) is 0.368. The number of ether oxygens (including phenoxy) is 1. The highest BCUT2D eigenvalue weighted by Crippen LogP contribution is 2.30. The first kappa shape index (κ1) is 17.7. The van der Waals surface area contributed by atoms with E-state index in [0.29, 0.717) is 34.4 Å². The monoisotopic (exact) mass is 352 g/mol. The zero-order valence-corrected chi connectivity index (χ0v) is 15.0. The van der Waals surface area contributed by atoms with Crippen LogP contribution >= 0.6 is 0 Å². The fraction of sp³-hybridized carbons (Fsp3) is 0.250. The van der Waals surface area contributed by atoms with Gasteiger partial charge in [0.25, 0.3) is 0 Å². The first-order valence-corrected chi connectivity index (χ1v) is 8.26. The number of fused-ring (bicyclic) bond motifs is 1. The van der Waals surface area contributed by atoms with Crippen LogP contribution in [-0.2, 0) is 17.8 Å². The van der Waals surface area contributed by atoms with E-state index in [1.54, 1.807) is 38.6 Å². The summed E-state index contributed by atoms with van der Waals surface area (Å²) >= 11 is 0. The summed E-state index contributed by atoms with van der Waals surface area (Å²) in [7, 11) is 1.57. The number of methoxy groups -OCH3 is 1. The van der Waals surface area contributed by atoms with Gasteiger partial charge in [0.2, 0.25) is 5.91 Å². The van der Waals surface area contributed by atoms with E-state index in [0.717, 1.165) is 11.1 Å². The molecular formula is C20H20N2O4. The van der Waals surface area contributed by atoms with Crippen LogP contribution < -0.4 is 15.7 Å². The highest BCUT2D eigenvalue weighted by atomic mass is 16.5. The Morgan fingerprint density at radius 2 is 2.12 bits per heavy atom. The van der Waals surface area contributed by atoms with Gasteiger partial charge in [-0.3, -0.25) is 9.78 Å². The molecular weight excluding hydrogens is 332 g/mol. The molecule has 6 nitrogen and oxygen atoms in total. The fourth-order valence-corrected chi connectivity index (χ4v) is 2.93. The lowest BCUT2D eigenvalue weighted by Gasteiger charge is -2.12. The molecule has 1 amide bonds. The molecule has 0 aliphatic heterocycles. The highest BCUT2D eigenvalue weighted by Gasteiger charge is 2.18. The first-order valence-electron chi connectivity index (χ1n) is 8.26. The second-order valence-corrected chi connectivity index (χ2v) is 6.15. The standard InChI is InChI=1S/C20H20N2O4/c1-12-7-16(25-3)19-13(2)15(20(24)26-17(19)8-12)9-18(23)22-11-14-5-4-6-21-10-14/h4-8,10H,9,11H2,1-3H3,(H,22,23). The molecule has 0 atom stereocenters. The number of pyridine rings is 1. The lowest BCUT2D eigenvalue weighted by atomic mass is 10.0. The molecule has 0 radical (unpaired) electrons. The maximum Gasteiger partial charge on any atom is 0.340 e. The third-order valence-electron chi connectivity index (χ3n) is 4.26. The van der Waals surface area contributed by atoms with E-state index < -0.39 is 5.63 Å². The molecule has 0 bridgehead atoms. The van der Waals surface area contributed by atoms with Gasteiger partial charge in [0.05, 0.1) is 24.5 Å². The summed E-state index contributed by atoms with van der Waals surface area (Å²) in [5.41, 5.74) is 2.81. The molecule has 3 rings (SSSR count). The lowest BCUT2D eigenvalue weighted by molar-refractivity contribution is -0.120. The van der Waals surface area contributed by atoms with Crippen LogP contribution in [0.5, 0.6) is 5.75 Å². The van der Waals surface area contributed by atoms with E-state index in [4.69, 9.17) is 9.15 Å². The summed E-state index contributed by atoms with van der Waals surface area (Å²) < 4.78 is 10.9. The first-order chi connectivity index (χ1) is 12.5. The van der Waals surface area contributed by atoms with Crippen molar-refractivity contribution in [2.24, 2.45) is 0 Å². The Morgan fingerprint density at radius 3 is 2.81 bits per heavy atom. The van der Waals surface area contributed by atoms with E-state index >= 15 is 0 Å². The Kier molecular flexibility index (Phi) is 5.02. The van der Waals surface area contributed by atoms with Crippen molar-refractivity contribution in [2.45, 2.75) is 26.8 Å². The Balaban J connectivity index is 1.89. The Hall–Kier alpha value is -3.15. The van der Waals surface area contributed by atoms with E-state index in [1.165, 1.54) is 0 Å². The van der Waals surface area contributed by atoms with Crippen molar-refractivity contribution >= 4 is 16.9 Å². The van der Waals surface area contributed by atoms with Crippen LogP contribution in [0.1, 0.15) is 22.3 Å². The largest absolute Gasteiger partial charge is 0.496 e. The van der Waals surface area contributed by atoms with Crippen molar-refractivity contribution in [3.8, 4) is 5.75 Å². The number of amides is 1. The van der Waals surface area contributed by atoms with Gasteiger partial charge in [0, 0.05) is 18.9 Å². The fourth-order valence-electron chi connectivity index (χ4n) is 2.93. The summed E-state index contributed by atoms with van der Waals surface area (Å²) in [6.45, 7) is 4.06. The molecule has 0 aliphatic carbocycles. The van der Waals surface area contributed by atoms with E-state index in [9.17, 15) is 9.59 Å². The molecule has 134 valence electrons. The number of hydrogen-bond acceptors (Lipinski definition) is 5. The second kappa shape index (κ2) is 7.39. The molecule has 1 N–H and O–H groups in total. The second-order valence-electron chi connectivity index (χ2n) is 6.15. The molecule has 0 aliphatic rings. The number of carbonyl (C=O) groups excluding carboxylic acids is 1. The number of nitrogens with one attached hydrogen (secondary N) is 1. The van der Waals surface area contributed by atoms with Crippen molar-refractivity contribution in [3.05, 3.63) is 69.3 Å². The van der Waals surface area contributed by atoms with Crippen molar-refractivity contribution < 1.29 is 13.9 Å². The molecule has 6 heteroatoms. The van der Waals surface area contributed by atoms with Gasteiger partial charge in [-0.25, -0.2) is 4.79 Å². The average molecular weight is 352 g/mol. The van der Waals surface area contributed by atoms with E-state index in [2.05, 4.69) is 10.3 Å². The Labute approximate surface area is 150 Å². The zero-order chi connectivity index (χ0) is 18.7. The van der Waals surface area contributed by atoms with Crippen LogP contribution in [0.4, 0.5) is 0 Å². The van der Waals surface area contributed by atoms with Crippen LogP contribution in [0.25, 0.3) is 11.0 Å². The van der Waals surface area contributed by atoms with Gasteiger partial charge in [-0.2, -0.15) is 0 Å². The van der Waals surface area contributed by atoms with Crippen LogP contribution in [-0.4, -0.2) is 18.0 Å². The van der Waals surface area contributed by atoms with Crippen LogP contribution in [0, 0.1) is 13.8 Å². The van der Waals surface area contributed by atoms with Gasteiger partial charge in [0.1, 0.15) is 11.3 Å². The third kappa shape index (κ3) is 3.59. The van der Waals surface area contributed by atoms with E-state index in [1.807, 2.05) is 19.1 Å². The lowest BCUT2D eigenvalue weighted by Crippen LogP contribution is -2.27.